The van der Waals surface area contributed by atoms with Crippen molar-refractivity contribution in [3.05, 3.63) is 99.9 Å². The van der Waals surface area contributed by atoms with Crippen LogP contribution in [0.1, 0.15) is 27.7 Å². The molecule has 0 spiro atoms. The lowest BCUT2D eigenvalue weighted by Crippen LogP contribution is -2.29. The third kappa shape index (κ3) is 4.71. The molecular formula is C23H17Cl2N3O3. The molecule has 8 heteroatoms. The van der Waals surface area contributed by atoms with Gasteiger partial charge in [0.25, 0.3) is 0 Å². The number of rotatable bonds is 6. The van der Waals surface area contributed by atoms with Gasteiger partial charge in [-0.05, 0) is 23.3 Å². The van der Waals surface area contributed by atoms with Crippen molar-refractivity contribution < 1.29 is 14.3 Å². The van der Waals surface area contributed by atoms with Crippen molar-refractivity contribution in [2.75, 3.05) is 6.54 Å². The second-order valence-electron chi connectivity index (χ2n) is 6.78. The van der Waals surface area contributed by atoms with Crippen molar-refractivity contribution in [2.24, 2.45) is 0 Å². The summed E-state index contributed by atoms with van der Waals surface area (Å²) in [7, 11) is 0. The Labute approximate surface area is 188 Å². The lowest BCUT2D eigenvalue weighted by Gasteiger charge is -2.18. The second kappa shape index (κ2) is 9.20. The summed E-state index contributed by atoms with van der Waals surface area (Å²) in [6, 6.07) is 22.7. The van der Waals surface area contributed by atoms with Crippen molar-refractivity contribution in [1.82, 2.24) is 15.5 Å². The maximum Gasteiger partial charge on any atom is 0.308 e. The summed E-state index contributed by atoms with van der Waals surface area (Å²) < 4.78 is 5.49. The molecule has 0 atom stereocenters. The van der Waals surface area contributed by atoms with Crippen LogP contribution in [-0.4, -0.2) is 27.8 Å². The molecular weight excluding hydrogens is 437 g/mol. The van der Waals surface area contributed by atoms with Crippen LogP contribution in [0, 0.1) is 0 Å². The van der Waals surface area contributed by atoms with Crippen LogP contribution in [0.25, 0.3) is 11.5 Å². The molecule has 0 saturated carbocycles. The molecule has 0 bridgehead atoms. The highest BCUT2D eigenvalue weighted by Crippen LogP contribution is 2.36. The second-order valence-corrected chi connectivity index (χ2v) is 7.60. The SMILES string of the molecule is O=C(NCC(c1ccccc1)c1ccccc1)c1nnc(-c2cc(Cl)c(O)c(Cl)c2)o1. The van der Waals surface area contributed by atoms with E-state index in [-0.39, 0.29) is 33.5 Å². The van der Waals surface area contributed by atoms with Gasteiger partial charge in [0, 0.05) is 18.0 Å². The molecule has 1 aromatic heterocycles. The number of amides is 1. The predicted octanol–water partition coefficient (Wildman–Crippen LogP) is 5.31. The van der Waals surface area contributed by atoms with Crippen LogP contribution in [0.15, 0.2) is 77.2 Å². The van der Waals surface area contributed by atoms with Gasteiger partial charge in [-0.2, -0.15) is 0 Å². The fourth-order valence-corrected chi connectivity index (χ4v) is 3.68. The molecule has 4 rings (SSSR count). The minimum Gasteiger partial charge on any atom is -0.505 e. The van der Waals surface area contributed by atoms with Crippen LogP contribution in [0.2, 0.25) is 10.0 Å². The standard InChI is InChI=1S/C23H17Cl2N3O3/c24-18-11-16(12-19(25)20(18)29)22-27-28-23(31-22)21(30)26-13-17(14-7-3-1-4-8-14)15-9-5-2-6-10-15/h1-12,17,29H,13H2,(H,26,30). The fourth-order valence-electron chi connectivity index (χ4n) is 3.19. The molecule has 0 aliphatic heterocycles. The van der Waals surface area contributed by atoms with Gasteiger partial charge in [-0.25, -0.2) is 0 Å². The number of carbonyl (C=O) groups excluding carboxylic acids is 1. The van der Waals surface area contributed by atoms with Gasteiger partial charge in [-0.1, -0.05) is 83.9 Å². The lowest BCUT2D eigenvalue weighted by atomic mass is 9.91. The van der Waals surface area contributed by atoms with Crippen molar-refractivity contribution in [3.63, 3.8) is 0 Å². The highest BCUT2D eigenvalue weighted by molar-refractivity contribution is 6.37. The van der Waals surface area contributed by atoms with E-state index in [1.165, 1.54) is 12.1 Å². The van der Waals surface area contributed by atoms with Gasteiger partial charge in [0.1, 0.15) is 0 Å². The Morgan fingerprint density at radius 3 is 2.03 bits per heavy atom. The molecule has 0 radical (unpaired) electrons. The van der Waals surface area contributed by atoms with E-state index in [1.54, 1.807) is 0 Å². The summed E-state index contributed by atoms with van der Waals surface area (Å²) in [6.07, 6.45) is 0. The molecule has 2 N–H and O–H groups in total. The number of phenolic OH excluding ortho intramolecular Hbond substituents is 1. The van der Waals surface area contributed by atoms with E-state index in [0.717, 1.165) is 11.1 Å². The topological polar surface area (TPSA) is 88.2 Å². The number of nitrogens with zero attached hydrogens (tertiary/aromatic N) is 2. The molecule has 0 aliphatic carbocycles. The number of halogens is 2. The molecule has 4 aromatic rings. The summed E-state index contributed by atoms with van der Waals surface area (Å²) in [5.41, 5.74) is 2.55. The van der Waals surface area contributed by atoms with Crippen LogP contribution in [0.4, 0.5) is 0 Å². The molecule has 0 saturated heterocycles. The summed E-state index contributed by atoms with van der Waals surface area (Å²) >= 11 is 11.9. The Bertz CT molecular complexity index is 1130. The number of phenols is 1. The van der Waals surface area contributed by atoms with Gasteiger partial charge >= 0.3 is 11.8 Å². The summed E-state index contributed by atoms with van der Waals surface area (Å²) in [5.74, 6) is -0.890. The van der Waals surface area contributed by atoms with Crippen LogP contribution < -0.4 is 5.32 Å². The van der Waals surface area contributed by atoms with Gasteiger partial charge in [-0.3, -0.25) is 4.79 Å². The predicted molar refractivity (Wildman–Crippen MR) is 118 cm³/mol. The average Bonchev–Trinajstić information content (AvgIpc) is 3.29. The first kappa shape index (κ1) is 20.9. The summed E-state index contributed by atoms with van der Waals surface area (Å²) in [6.45, 7) is 0.349. The average molecular weight is 454 g/mol. The summed E-state index contributed by atoms with van der Waals surface area (Å²) in [4.78, 5) is 12.6. The monoisotopic (exact) mass is 453 g/mol. The normalized spacial score (nSPS) is 10.9. The largest absolute Gasteiger partial charge is 0.505 e. The maximum atomic E-state index is 12.6. The van der Waals surface area contributed by atoms with E-state index in [1.807, 2.05) is 60.7 Å². The van der Waals surface area contributed by atoms with Gasteiger partial charge in [0.05, 0.1) is 10.0 Å². The Kier molecular flexibility index (Phi) is 6.21. The molecule has 31 heavy (non-hydrogen) atoms. The zero-order valence-electron chi connectivity index (χ0n) is 16.1. The number of aromatic nitrogens is 2. The highest BCUT2D eigenvalue weighted by Gasteiger charge is 2.20. The molecule has 3 aromatic carbocycles. The number of hydrogen-bond acceptors (Lipinski definition) is 5. The number of nitrogens with one attached hydrogen (secondary N) is 1. The van der Waals surface area contributed by atoms with Gasteiger partial charge in [-0.15, -0.1) is 10.2 Å². The number of hydrogen-bond donors (Lipinski definition) is 2. The first-order valence-corrected chi connectivity index (χ1v) is 10.2. The van der Waals surface area contributed by atoms with E-state index >= 15 is 0 Å². The molecule has 0 unspecified atom stereocenters. The molecule has 6 nitrogen and oxygen atoms in total. The first-order valence-electron chi connectivity index (χ1n) is 9.43. The highest BCUT2D eigenvalue weighted by atomic mass is 35.5. The van der Waals surface area contributed by atoms with E-state index in [0.29, 0.717) is 12.1 Å². The number of carbonyl (C=O) groups is 1. The number of benzene rings is 3. The van der Waals surface area contributed by atoms with Gasteiger partial charge < -0.3 is 14.8 Å². The number of aromatic hydroxyl groups is 1. The summed E-state index contributed by atoms with van der Waals surface area (Å²) in [5, 5.41) is 20.3. The van der Waals surface area contributed by atoms with E-state index in [4.69, 9.17) is 27.6 Å². The van der Waals surface area contributed by atoms with Crippen LogP contribution in [0.3, 0.4) is 0 Å². The van der Waals surface area contributed by atoms with Crippen molar-refractivity contribution in [1.29, 1.82) is 0 Å². The molecule has 0 fully saturated rings. The minimum absolute atomic E-state index is 0.0385. The lowest BCUT2D eigenvalue weighted by molar-refractivity contribution is 0.0918. The van der Waals surface area contributed by atoms with E-state index < -0.39 is 5.91 Å². The van der Waals surface area contributed by atoms with Crippen LogP contribution >= 0.6 is 23.2 Å². The van der Waals surface area contributed by atoms with Gasteiger partial charge in [0.15, 0.2) is 5.75 Å². The molecule has 1 heterocycles. The Morgan fingerprint density at radius 1 is 0.935 bits per heavy atom. The van der Waals surface area contributed by atoms with Crippen molar-refractivity contribution in [3.8, 4) is 17.2 Å². The third-order valence-electron chi connectivity index (χ3n) is 4.75. The maximum absolute atomic E-state index is 12.6. The Morgan fingerprint density at radius 2 is 1.48 bits per heavy atom. The third-order valence-corrected chi connectivity index (χ3v) is 5.33. The van der Waals surface area contributed by atoms with Crippen molar-refractivity contribution >= 4 is 29.1 Å². The van der Waals surface area contributed by atoms with Crippen LogP contribution in [0.5, 0.6) is 5.75 Å². The van der Waals surface area contributed by atoms with E-state index in [2.05, 4.69) is 15.5 Å². The molecule has 1 amide bonds. The Hall–Kier alpha value is -3.35. The zero-order chi connectivity index (χ0) is 21.8. The molecule has 0 aliphatic rings. The van der Waals surface area contributed by atoms with Crippen LogP contribution in [-0.2, 0) is 0 Å². The smallest absolute Gasteiger partial charge is 0.308 e. The van der Waals surface area contributed by atoms with E-state index in [9.17, 15) is 9.90 Å². The first-order chi connectivity index (χ1) is 15.0. The Balaban J connectivity index is 1.52. The minimum atomic E-state index is -0.494. The fraction of sp³-hybridized carbons (Fsp3) is 0.0870. The quantitative estimate of drug-likeness (QED) is 0.412. The molecule has 156 valence electrons. The van der Waals surface area contributed by atoms with Crippen molar-refractivity contribution in [2.45, 2.75) is 5.92 Å². The zero-order valence-corrected chi connectivity index (χ0v) is 17.6. The van der Waals surface area contributed by atoms with Gasteiger partial charge in [0.2, 0.25) is 5.89 Å².